The molecule has 2 aliphatic rings. The lowest BCUT2D eigenvalue weighted by molar-refractivity contribution is -0.129. The molecule has 14 heteroatoms. The zero-order valence-electron chi connectivity index (χ0n) is 27.2. The van der Waals surface area contributed by atoms with Gasteiger partial charge < -0.3 is 19.5 Å². The van der Waals surface area contributed by atoms with Crippen LogP contribution in [0.25, 0.3) is 15.2 Å². The van der Waals surface area contributed by atoms with Gasteiger partial charge >= 0.3 is 5.69 Å². The van der Waals surface area contributed by atoms with Crippen LogP contribution in [0.2, 0.25) is 0 Å². The number of thiophene rings is 1. The summed E-state index contributed by atoms with van der Waals surface area (Å²) in [7, 11) is 1.65. The molecule has 2 fully saturated rings. The fourth-order valence-electron chi connectivity index (χ4n) is 6.78. The van der Waals surface area contributed by atoms with Crippen molar-refractivity contribution in [2.45, 2.75) is 76.5 Å². The van der Waals surface area contributed by atoms with Gasteiger partial charge in [-0.3, -0.25) is 14.2 Å². The van der Waals surface area contributed by atoms with E-state index < -0.39 is 35.3 Å². The van der Waals surface area contributed by atoms with Crippen LogP contribution in [-0.2, 0) is 22.7 Å². The normalized spacial score (nSPS) is 20.3. The fraction of sp³-hybridized carbons (Fsp3) is 0.400. The minimum Gasteiger partial charge on any atom is -0.489 e. The van der Waals surface area contributed by atoms with E-state index in [0.29, 0.717) is 65.4 Å². The Morgan fingerprint density at radius 2 is 1.76 bits per heavy atom. The van der Waals surface area contributed by atoms with Crippen molar-refractivity contribution < 1.29 is 23.8 Å². The van der Waals surface area contributed by atoms with Crippen LogP contribution in [-0.4, -0.2) is 65.8 Å². The summed E-state index contributed by atoms with van der Waals surface area (Å²) >= 11 is 1.19. The number of aryl methyl sites for hydroxylation is 1. The van der Waals surface area contributed by atoms with E-state index >= 15 is 4.39 Å². The van der Waals surface area contributed by atoms with E-state index in [4.69, 9.17) is 9.47 Å². The standard InChI is InChI=1S/C35H37FN6O6S/c1-21-30-32(45)41(27-14-17-39(2)31(27)44)35(46)40(34(30)49-33(21)42-37-15-16-38-42)19-29(48-25-11-9-24(43)10-12-25)26-18-23(36)8-13-28(26)47-20-22-6-4-3-5-7-22/h3-8,13,15-16,18,24-25,27,29,43H,9-12,14,17,19-20H2,1-2H3/t24?,25?,27-,29+/m1/s1. The van der Waals surface area contributed by atoms with E-state index in [0.717, 1.165) is 10.1 Å². The molecule has 1 N–H and O–H groups in total. The third kappa shape index (κ3) is 6.43. The van der Waals surface area contributed by atoms with Gasteiger partial charge in [0, 0.05) is 24.7 Å². The van der Waals surface area contributed by atoms with Crippen molar-refractivity contribution in [3.63, 3.8) is 0 Å². The van der Waals surface area contributed by atoms with Gasteiger partial charge in [0.15, 0.2) is 0 Å². The Morgan fingerprint density at radius 3 is 2.45 bits per heavy atom. The predicted molar refractivity (Wildman–Crippen MR) is 181 cm³/mol. The highest BCUT2D eigenvalue weighted by Crippen LogP contribution is 2.37. The van der Waals surface area contributed by atoms with Crippen molar-refractivity contribution >= 4 is 27.5 Å². The van der Waals surface area contributed by atoms with Crippen molar-refractivity contribution in [2.24, 2.45) is 0 Å². The Labute approximate surface area is 284 Å². The largest absolute Gasteiger partial charge is 0.489 e. The number of aliphatic hydroxyl groups excluding tert-OH is 1. The van der Waals surface area contributed by atoms with Gasteiger partial charge in [0.25, 0.3) is 5.56 Å². The van der Waals surface area contributed by atoms with E-state index in [1.165, 1.54) is 50.1 Å². The van der Waals surface area contributed by atoms with Gasteiger partial charge in [-0.05, 0) is 62.8 Å². The monoisotopic (exact) mass is 688 g/mol. The second-order valence-electron chi connectivity index (χ2n) is 12.7. The first kappa shape index (κ1) is 32.9. The maximum Gasteiger partial charge on any atom is 0.332 e. The van der Waals surface area contributed by atoms with Crippen LogP contribution in [0.1, 0.15) is 60.9 Å². The second-order valence-corrected chi connectivity index (χ2v) is 13.7. The number of fused-ring (bicyclic) bond motifs is 1. The van der Waals surface area contributed by atoms with Gasteiger partial charge in [-0.1, -0.05) is 41.7 Å². The number of carbonyl (C=O) groups is 1. The minimum atomic E-state index is -0.968. The van der Waals surface area contributed by atoms with Gasteiger partial charge in [0.05, 0.1) is 36.5 Å². The van der Waals surface area contributed by atoms with Crippen molar-refractivity contribution in [2.75, 3.05) is 13.6 Å². The number of likely N-dealkylation sites (tertiary alicyclic amines) is 1. The van der Waals surface area contributed by atoms with Gasteiger partial charge in [0.2, 0.25) is 5.91 Å². The molecule has 1 aliphatic heterocycles. The quantitative estimate of drug-likeness (QED) is 0.230. The molecule has 0 radical (unpaired) electrons. The van der Waals surface area contributed by atoms with Crippen molar-refractivity contribution in [3.8, 4) is 10.8 Å². The summed E-state index contributed by atoms with van der Waals surface area (Å²) in [6.45, 7) is 2.29. The first-order valence-corrected chi connectivity index (χ1v) is 17.2. The third-order valence-corrected chi connectivity index (χ3v) is 10.7. The zero-order valence-corrected chi connectivity index (χ0v) is 28.0. The van der Waals surface area contributed by atoms with Crippen LogP contribution in [0.4, 0.5) is 4.39 Å². The first-order valence-electron chi connectivity index (χ1n) is 16.4. The summed E-state index contributed by atoms with van der Waals surface area (Å²) in [5, 5.41) is 19.5. The topological polar surface area (TPSA) is 134 Å². The summed E-state index contributed by atoms with van der Waals surface area (Å²) in [6, 6.07) is 12.8. The van der Waals surface area contributed by atoms with E-state index in [1.807, 2.05) is 30.3 Å². The second kappa shape index (κ2) is 13.7. The fourth-order valence-corrected chi connectivity index (χ4v) is 7.99. The molecule has 1 aliphatic carbocycles. The number of hydrogen-bond acceptors (Lipinski definition) is 9. The van der Waals surface area contributed by atoms with Crippen LogP contribution >= 0.6 is 11.3 Å². The Balaban J connectivity index is 1.38. The lowest BCUT2D eigenvalue weighted by Gasteiger charge is -2.31. The average Bonchev–Trinajstić information content (AvgIpc) is 3.83. The zero-order chi connectivity index (χ0) is 34.2. The molecule has 12 nitrogen and oxygen atoms in total. The van der Waals surface area contributed by atoms with Gasteiger partial charge in [-0.2, -0.15) is 10.2 Å². The molecule has 2 aromatic carbocycles. The number of rotatable bonds is 10. The van der Waals surface area contributed by atoms with Crippen LogP contribution in [0.5, 0.6) is 5.75 Å². The Bertz CT molecular complexity index is 2090. The van der Waals surface area contributed by atoms with Crippen LogP contribution < -0.4 is 16.0 Å². The Kier molecular flexibility index (Phi) is 9.18. The molecule has 1 amide bonds. The number of nitrogens with zero attached hydrogens (tertiary/aromatic N) is 6. The molecule has 0 spiro atoms. The molecule has 3 aromatic heterocycles. The molecule has 4 heterocycles. The SMILES string of the molecule is Cc1c(-n2nccn2)sc2c1c(=O)n([C@@H]1CCN(C)C1=O)c(=O)n2C[C@H](OC1CCC(O)CC1)c1cc(F)ccc1OCc1ccccc1. The molecule has 5 aromatic rings. The predicted octanol–water partition coefficient (Wildman–Crippen LogP) is 4.30. The van der Waals surface area contributed by atoms with Gasteiger partial charge in [-0.25, -0.2) is 13.8 Å². The van der Waals surface area contributed by atoms with E-state index in [1.54, 1.807) is 20.0 Å². The number of ether oxygens (including phenoxy) is 2. The maximum absolute atomic E-state index is 15.1. The van der Waals surface area contributed by atoms with Gasteiger partial charge in [-0.15, -0.1) is 4.80 Å². The smallest absolute Gasteiger partial charge is 0.332 e. The number of amides is 1. The number of aliphatic hydroxyl groups is 1. The molecule has 2 atom stereocenters. The summed E-state index contributed by atoms with van der Waals surface area (Å²) < 4.78 is 30.6. The third-order valence-electron chi connectivity index (χ3n) is 9.43. The molecule has 7 rings (SSSR count). The van der Waals surface area contributed by atoms with Crippen LogP contribution in [0, 0.1) is 12.7 Å². The molecular weight excluding hydrogens is 651 g/mol. The van der Waals surface area contributed by atoms with Crippen LogP contribution in [0.15, 0.2) is 70.5 Å². The van der Waals surface area contributed by atoms with E-state index in [2.05, 4.69) is 10.2 Å². The average molecular weight is 689 g/mol. The molecule has 256 valence electrons. The molecule has 1 saturated heterocycles. The highest BCUT2D eigenvalue weighted by Gasteiger charge is 2.36. The van der Waals surface area contributed by atoms with Crippen molar-refractivity contribution in [1.29, 1.82) is 0 Å². The number of halogens is 1. The lowest BCUT2D eigenvalue weighted by atomic mass is 9.94. The maximum atomic E-state index is 15.1. The van der Waals surface area contributed by atoms with E-state index in [-0.39, 0.29) is 30.5 Å². The number of carbonyl (C=O) groups excluding carboxylic acids is 1. The van der Waals surface area contributed by atoms with E-state index in [9.17, 15) is 19.5 Å². The summed E-state index contributed by atoms with van der Waals surface area (Å²) in [5.74, 6) is -0.432. The highest BCUT2D eigenvalue weighted by molar-refractivity contribution is 7.21. The molecule has 49 heavy (non-hydrogen) atoms. The molecule has 1 saturated carbocycles. The lowest BCUT2D eigenvalue weighted by Crippen LogP contribution is -2.45. The Morgan fingerprint density at radius 1 is 1.02 bits per heavy atom. The summed E-state index contributed by atoms with van der Waals surface area (Å²) in [4.78, 5) is 45.2. The van der Waals surface area contributed by atoms with Crippen molar-refractivity contribution in [1.82, 2.24) is 29.0 Å². The van der Waals surface area contributed by atoms with Gasteiger partial charge in [0.1, 0.15) is 40.2 Å². The molecular formula is C35H37FN6O6S. The van der Waals surface area contributed by atoms with Crippen LogP contribution in [0.3, 0.4) is 0 Å². The number of hydrogen-bond donors (Lipinski definition) is 1. The minimum absolute atomic E-state index is 0.109. The first-order chi connectivity index (χ1) is 23.7. The number of likely N-dealkylation sites (N-methyl/N-ethyl adjacent to an activating group) is 1. The number of benzene rings is 2. The number of aromatic nitrogens is 5. The molecule has 0 bridgehead atoms. The molecule has 0 unspecified atom stereocenters. The highest BCUT2D eigenvalue weighted by atomic mass is 32.1. The summed E-state index contributed by atoms with van der Waals surface area (Å²) in [5.41, 5.74) is 0.663. The Hall–Kier alpha value is -4.66. The summed E-state index contributed by atoms with van der Waals surface area (Å²) in [6.07, 6.45) is 4.00. The van der Waals surface area contributed by atoms with Crippen molar-refractivity contribution in [3.05, 3.63) is 104 Å².